The number of fused-ring (bicyclic) bond motifs is 1. The van der Waals surface area contributed by atoms with Gasteiger partial charge in [-0.2, -0.15) is 5.10 Å². The van der Waals surface area contributed by atoms with E-state index in [9.17, 15) is 9.59 Å². The van der Waals surface area contributed by atoms with E-state index < -0.39 is 18.5 Å². The number of aryl methyl sites for hydroxylation is 1. The number of hydrogen-bond donors (Lipinski definition) is 0. The van der Waals surface area contributed by atoms with Gasteiger partial charge in [0.1, 0.15) is 0 Å². The molecule has 0 amide bonds. The lowest BCUT2D eigenvalue weighted by molar-refractivity contribution is -0.144. The van der Waals surface area contributed by atoms with Gasteiger partial charge in [-0.15, -0.1) is 11.3 Å². The lowest BCUT2D eigenvalue weighted by Crippen LogP contribution is -2.15. The Hall–Kier alpha value is -3.52. The third-order valence-electron chi connectivity index (χ3n) is 4.36. The number of para-hydroxylation sites is 1. The number of carbonyl (C=O) groups excluding carboxylic acids is 2. The van der Waals surface area contributed by atoms with Gasteiger partial charge in [0.2, 0.25) is 0 Å². The minimum Gasteiger partial charge on any atom is -0.466 e. The summed E-state index contributed by atoms with van der Waals surface area (Å²) in [5, 5.41) is 7.12. The van der Waals surface area contributed by atoms with Crippen molar-refractivity contribution >= 4 is 34.3 Å². The molecule has 0 aliphatic carbocycles. The fourth-order valence-electron chi connectivity index (χ4n) is 3.01. The highest BCUT2D eigenvalue weighted by molar-refractivity contribution is 7.13. The summed E-state index contributed by atoms with van der Waals surface area (Å²) in [6, 6.07) is 15.1. The van der Waals surface area contributed by atoms with Gasteiger partial charge in [0.05, 0.1) is 40.0 Å². The monoisotopic (exact) mass is 407 g/mol. The Morgan fingerprint density at radius 3 is 2.62 bits per heavy atom. The fraction of sp³-hybridized carbons (Fsp3) is 0.143. The van der Waals surface area contributed by atoms with Crippen molar-refractivity contribution in [3.63, 3.8) is 0 Å². The molecule has 146 valence electrons. The molecule has 0 aliphatic rings. The van der Waals surface area contributed by atoms with E-state index in [1.165, 1.54) is 18.4 Å². The van der Waals surface area contributed by atoms with E-state index in [2.05, 4.69) is 9.84 Å². The van der Waals surface area contributed by atoms with Crippen LogP contribution in [-0.2, 0) is 14.3 Å². The molecule has 0 bridgehead atoms. The van der Waals surface area contributed by atoms with Crippen molar-refractivity contribution in [2.75, 3.05) is 13.7 Å². The standard InChI is InChI=1S/C21H17N3O4S/c1-13-19-15(21(26)28-12-18(25)27-2)11-16(17-9-6-10-29-17)22-20(19)24(23-13)14-7-4-3-5-8-14/h3-11H,12H2,1-2H3. The van der Waals surface area contributed by atoms with Crippen molar-refractivity contribution in [1.82, 2.24) is 14.8 Å². The molecule has 3 aromatic heterocycles. The normalized spacial score (nSPS) is 10.8. The highest BCUT2D eigenvalue weighted by atomic mass is 32.1. The Balaban J connectivity index is 1.91. The lowest BCUT2D eigenvalue weighted by Gasteiger charge is -2.08. The molecule has 0 atom stereocenters. The van der Waals surface area contributed by atoms with E-state index in [4.69, 9.17) is 9.72 Å². The first-order valence-corrected chi connectivity index (χ1v) is 9.70. The van der Waals surface area contributed by atoms with Gasteiger partial charge in [0, 0.05) is 0 Å². The van der Waals surface area contributed by atoms with Crippen LogP contribution >= 0.6 is 11.3 Å². The van der Waals surface area contributed by atoms with Gasteiger partial charge in [-0.25, -0.2) is 19.3 Å². The van der Waals surface area contributed by atoms with Crippen LogP contribution in [-0.4, -0.2) is 40.4 Å². The number of rotatable bonds is 5. The molecule has 0 unspecified atom stereocenters. The number of carbonyl (C=O) groups is 2. The smallest absolute Gasteiger partial charge is 0.344 e. The van der Waals surface area contributed by atoms with Gasteiger partial charge in [-0.05, 0) is 36.6 Å². The molecule has 8 heteroatoms. The minimum absolute atomic E-state index is 0.307. The van der Waals surface area contributed by atoms with E-state index in [-0.39, 0.29) is 0 Å². The van der Waals surface area contributed by atoms with Gasteiger partial charge < -0.3 is 9.47 Å². The summed E-state index contributed by atoms with van der Waals surface area (Å²) >= 11 is 1.52. The number of benzene rings is 1. The third-order valence-corrected chi connectivity index (χ3v) is 5.25. The highest BCUT2D eigenvalue weighted by Crippen LogP contribution is 2.31. The van der Waals surface area contributed by atoms with Crippen molar-refractivity contribution in [1.29, 1.82) is 0 Å². The summed E-state index contributed by atoms with van der Waals surface area (Å²) in [5.74, 6) is -1.25. The second kappa shape index (κ2) is 7.84. The molecule has 7 nitrogen and oxygen atoms in total. The van der Waals surface area contributed by atoms with Crippen LogP contribution in [0.4, 0.5) is 0 Å². The largest absolute Gasteiger partial charge is 0.466 e. The number of nitrogens with zero attached hydrogens (tertiary/aromatic N) is 3. The zero-order chi connectivity index (χ0) is 20.4. The Bertz CT molecular complexity index is 1180. The van der Waals surface area contributed by atoms with E-state index in [0.29, 0.717) is 28.0 Å². The SMILES string of the molecule is COC(=O)COC(=O)c1cc(-c2cccs2)nc2c1c(C)nn2-c1ccccc1. The summed E-state index contributed by atoms with van der Waals surface area (Å²) in [6.45, 7) is 1.35. The third kappa shape index (κ3) is 3.62. The predicted octanol–water partition coefficient (Wildman–Crippen LogP) is 3.79. The summed E-state index contributed by atoms with van der Waals surface area (Å²) in [6.07, 6.45) is 0. The molecular weight excluding hydrogens is 390 g/mol. The number of aromatic nitrogens is 3. The first-order chi connectivity index (χ1) is 14.1. The van der Waals surface area contributed by atoms with Crippen molar-refractivity contribution < 1.29 is 19.1 Å². The van der Waals surface area contributed by atoms with Crippen LogP contribution in [0.15, 0.2) is 53.9 Å². The molecule has 0 N–H and O–H groups in total. The maximum absolute atomic E-state index is 12.8. The van der Waals surface area contributed by atoms with Crippen LogP contribution in [0, 0.1) is 6.92 Å². The second-order valence-corrected chi connectivity index (χ2v) is 7.16. The van der Waals surface area contributed by atoms with Crippen molar-refractivity contribution in [3.8, 4) is 16.3 Å². The topological polar surface area (TPSA) is 83.3 Å². The van der Waals surface area contributed by atoms with Crippen molar-refractivity contribution in [2.24, 2.45) is 0 Å². The first-order valence-electron chi connectivity index (χ1n) is 8.82. The second-order valence-electron chi connectivity index (χ2n) is 6.22. The Kier molecular flexibility index (Phi) is 5.09. The fourth-order valence-corrected chi connectivity index (χ4v) is 3.70. The van der Waals surface area contributed by atoms with E-state index in [1.807, 2.05) is 54.8 Å². The average Bonchev–Trinajstić information content (AvgIpc) is 3.40. The van der Waals surface area contributed by atoms with Crippen LogP contribution in [0.2, 0.25) is 0 Å². The summed E-state index contributed by atoms with van der Waals surface area (Å²) in [4.78, 5) is 29.9. The zero-order valence-electron chi connectivity index (χ0n) is 15.8. The van der Waals surface area contributed by atoms with Crippen LogP contribution in [0.3, 0.4) is 0 Å². The Morgan fingerprint density at radius 2 is 1.93 bits per heavy atom. The summed E-state index contributed by atoms with van der Waals surface area (Å²) in [5.41, 5.74) is 2.95. The Morgan fingerprint density at radius 1 is 1.14 bits per heavy atom. The maximum atomic E-state index is 12.8. The minimum atomic E-state index is -0.628. The molecule has 29 heavy (non-hydrogen) atoms. The molecule has 4 aromatic rings. The number of methoxy groups -OCH3 is 1. The maximum Gasteiger partial charge on any atom is 0.344 e. The molecule has 3 heterocycles. The number of thiophene rings is 1. The molecule has 4 rings (SSSR count). The molecule has 1 aromatic carbocycles. The molecule has 0 spiro atoms. The predicted molar refractivity (Wildman–Crippen MR) is 109 cm³/mol. The molecule has 0 radical (unpaired) electrons. The quantitative estimate of drug-likeness (QED) is 0.468. The van der Waals surface area contributed by atoms with Crippen LogP contribution < -0.4 is 0 Å². The van der Waals surface area contributed by atoms with E-state index >= 15 is 0 Å². The zero-order valence-corrected chi connectivity index (χ0v) is 16.6. The lowest BCUT2D eigenvalue weighted by atomic mass is 10.1. The molecule has 0 saturated carbocycles. The summed E-state index contributed by atoms with van der Waals surface area (Å²) in [7, 11) is 1.24. The average molecular weight is 407 g/mol. The van der Waals surface area contributed by atoms with Crippen molar-refractivity contribution in [2.45, 2.75) is 6.92 Å². The molecule has 0 fully saturated rings. The first kappa shape index (κ1) is 18.8. The van der Waals surface area contributed by atoms with Gasteiger partial charge >= 0.3 is 11.9 Å². The van der Waals surface area contributed by atoms with Gasteiger partial charge in [-0.1, -0.05) is 24.3 Å². The van der Waals surface area contributed by atoms with Gasteiger partial charge in [0.25, 0.3) is 0 Å². The van der Waals surface area contributed by atoms with Gasteiger partial charge in [0.15, 0.2) is 12.3 Å². The Labute approximate surface area is 170 Å². The van der Waals surface area contributed by atoms with E-state index in [0.717, 1.165) is 10.6 Å². The highest BCUT2D eigenvalue weighted by Gasteiger charge is 2.22. The van der Waals surface area contributed by atoms with Crippen LogP contribution in [0.1, 0.15) is 16.1 Å². The molecular formula is C21H17N3O4S. The number of pyridine rings is 1. The summed E-state index contributed by atoms with van der Waals surface area (Å²) < 4.78 is 11.4. The number of ether oxygens (including phenoxy) is 2. The van der Waals surface area contributed by atoms with Crippen LogP contribution in [0.5, 0.6) is 0 Å². The number of esters is 2. The van der Waals surface area contributed by atoms with Crippen LogP contribution in [0.25, 0.3) is 27.3 Å². The van der Waals surface area contributed by atoms with E-state index in [1.54, 1.807) is 10.7 Å². The van der Waals surface area contributed by atoms with Crippen molar-refractivity contribution in [3.05, 3.63) is 65.2 Å². The number of hydrogen-bond acceptors (Lipinski definition) is 7. The van der Waals surface area contributed by atoms with Gasteiger partial charge in [-0.3, -0.25) is 0 Å². The molecule has 0 saturated heterocycles. The molecule has 0 aliphatic heterocycles.